The van der Waals surface area contributed by atoms with Crippen molar-refractivity contribution in [3.8, 4) is 0 Å². The molecule has 2 fully saturated rings. The van der Waals surface area contributed by atoms with E-state index in [1.54, 1.807) is 24.0 Å². The van der Waals surface area contributed by atoms with Gasteiger partial charge in [-0.15, -0.1) is 0 Å². The number of carbonyl (C=O) groups is 1. The number of halogens is 2. The highest BCUT2D eigenvalue weighted by atomic mass is 79.9. The summed E-state index contributed by atoms with van der Waals surface area (Å²) in [5, 5.41) is 0.148. The summed E-state index contributed by atoms with van der Waals surface area (Å²) in [4.78, 5) is 17.3. The summed E-state index contributed by atoms with van der Waals surface area (Å²) in [6, 6.07) is 4.16. The number of aliphatic imine (C=N–C) groups is 1. The van der Waals surface area contributed by atoms with Crippen molar-refractivity contribution < 1.29 is 17.6 Å². The molecule has 1 aromatic carbocycles. The van der Waals surface area contributed by atoms with Crippen molar-refractivity contribution in [1.29, 1.82) is 0 Å². The van der Waals surface area contributed by atoms with Gasteiger partial charge in [-0.1, -0.05) is 34.6 Å². The van der Waals surface area contributed by atoms with Crippen LogP contribution in [-0.2, 0) is 14.6 Å². The topological polar surface area (TPSA) is 66.8 Å². The zero-order valence-electron chi connectivity index (χ0n) is 12.2. The van der Waals surface area contributed by atoms with Crippen molar-refractivity contribution >= 4 is 54.3 Å². The molecule has 2 aliphatic heterocycles. The number of fused-ring (bicyclic) bond motifs is 1. The SMILES string of the molecule is CCC(=O)N=C1S[C@@H]2CS(=O)(=O)C[C@@H]2N1c1ccc(Br)cc1F. The number of amidine groups is 1. The zero-order valence-corrected chi connectivity index (χ0v) is 15.4. The van der Waals surface area contributed by atoms with Crippen molar-refractivity contribution in [3.05, 3.63) is 28.5 Å². The van der Waals surface area contributed by atoms with Crippen LogP contribution in [0.15, 0.2) is 27.7 Å². The zero-order chi connectivity index (χ0) is 16.8. The third kappa shape index (κ3) is 3.32. The lowest BCUT2D eigenvalue weighted by molar-refractivity contribution is -0.117. The van der Waals surface area contributed by atoms with Crippen LogP contribution in [0.4, 0.5) is 10.1 Å². The first-order valence-electron chi connectivity index (χ1n) is 7.03. The lowest BCUT2D eigenvalue weighted by Gasteiger charge is -2.25. The van der Waals surface area contributed by atoms with Crippen molar-refractivity contribution in [3.63, 3.8) is 0 Å². The third-order valence-corrected chi connectivity index (χ3v) is 7.46. The van der Waals surface area contributed by atoms with Crippen LogP contribution in [0.2, 0.25) is 0 Å². The maximum absolute atomic E-state index is 14.4. The Kier molecular flexibility index (Phi) is 4.54. The molecular weight excluding hydrogens is 407 g/mol. The number of hydrogen-bond donors (Lipinski definition) is 0. The minimum Gasteiger partial charge on any atom is -0.313 e. The van der Waals surface area contributed by atoms with Gasteiger partial charge in [0.05, 0.1) is 23.2 Å². The molecule has 5 nitrogen and oxygen atoms in total. The van der Waals surface area contributed by atoms with Gasteiger partial charge in [-0.05, 0) is 18.2 Å². The second kappa shape index (κ2) is 6.18. The van der Waals surface area contributed by atoms with Crippen molar-refractivity contribution in [2.75, 3.05) is 16.4 Å². The van der Waals surface area contributed by atoms with Crippen LogP contribution < -0.4 is 4.90 Å². The lowest BCUT2D eigenvalue weighted by atomic mass is 10.2. The van der Waals surface area contributed by atoms with Gasteiger partial charge in [-0.25, -0.2) is 12.8 Å². The van der Waals surface area contributed by atoms with Crippen LogP contribution in [0.3, 0.4) is 0 Å². The Morgan fingerprint density at radius 1 is 1.48 bits per heavy atom. The minimum atomic E-state index is -3.16. The molecule has 0 aliphatic carbocycles. The molecule has 23 heavy (non-hydrogen) atoms. The summed E-state index contributed by atoms with van der Waals surface area (Å²) in [5.74, 6) is -0.824. The molecule has 0 N–H and O–H groups in total. The number of thioether (sulfide) groups is 1. The maximum atomic E-state index is 14.4. The van der Waals surface area contributed by atoms with Crippen LogP contribution in [0.25, 0.3) is 0 Å². The highest BCUT2D eigenvalue weighted by molar-refractivity contribution is 9.10. The second-order valence-electron chi connectivity index (χ2n) is 5.41. The molecule has 0 unspecified atom stereocenters. The Labute approximate surface area is 146 Å². The highest BCUT2D eigenvalue weighted by Crippen LogP contribution is 2.42. The summed E-state index contributed by atoms with van der Waals surface area (Å²) < 4.78 is 38.8. The van der Waals surface area contributed by atoms with Crippen molar-refractivity contribution in [1.82, 2.24) is 0 Å². The summed E-state index contributed by atoms with van der Waals surface area (Å²) in [5.41, 5.74) is 0.243. The number of amides is 1. The Morgan fingerprint density at radius 3 is 2.87 bits per heavy atom. The molecule has 0 spiro atoms. The summed E-state index contributed by atoms with van der Waals surface area (Å²) in [6.45, 7) is 1.70. The van der Waals surface area contributed by atoms with E-state index in [0.29, 0.717) is 9.64 Å². The van der Waals surface area contributed by atoms with E-state index in [-0.39, 0.29) is 34.8 Å². The van der Waals surface area contributed by atoms with Gasteiger partial charge < -0.3 is 4.90 Å². The van der Waals surface area contributed by atoms with E-state index in [1.807, 2.05) is 0 Å². The largest absolute Gasteiger partial charge is 0.313 e. The van der Waals surface area contributed by atoms with E-state index < -0.39 is 21.7 Å². The first kappa shape index (κ1) is 16.9. The van der Waals surface area contributed by atoms with E-state index >= 15 is 0 Å². The van der Waals surface area contributed by atoms with Crippen LogP contribution in [0.5, 0.6) is 0 Å². The molecule has 2 heterocycles. The average Bonchev–Trinajstić information content (AvgIpc) is 2.91. The van der Waals surface area contributed by atoms with Gasteiger partial charge in [0.25, 0.3) is 0 Å². The predicted molar refractivity (Wildman–Crippen MR) is 93.1 cm³/mol. The van der Waals surface area contributed by atoms with Gasteiger partial charge in [0, 0.05) is 16.1 Å². The number of rotatable bonds is 2. The van der Waals surface area contributed by atoms with E-state index in [9.17, 15) is 17.6 Å². The monoisotopic (exact) mass is 420 g/mol. The fraction of sp³-hybridized carbons (Fsp3) is 0.429. The smallest absolute Gasteiger partial charge is 0.247 e. The van der Waals surface area contributed by atoms with Crippen LogP contribution in [0.1, 0.15) is 13.3 Å². The van der Waals surface area contributed by atoms with E-state index in [1.165, 1.54) is 17.8 Å². The maximum Gasteiger partial charge on any atom is 0.247 e. The molecule has 2 aliphatic rings. The molecule has 0 saturated carbocycles. The Morgan fingerprint density at radius 2 is 2.22 bits per heavy atom. The van der Waals surface area contributed by atoms with Gasteiger partial charge in [-0.3, -0.25) is 4.79 Å². The van der Waals surface area contributed by atoms with Gasteiger partial charge >= 0.3 is 0 Å². The quantitative estimate of drug-likeness (QED) is 0.735. The number of sulfone groups is 1. The fourth-order valence-corrected chi connectivity index (χ4v) is 6.97. The second-order valence-corrected chi connectivity index (χ2v) is 9.68. The Bertz CT molecular complexity index is 797. The van der Waals surface area contributed by atoms with Crippen LogP contribution in [0, 0.1) is 5.82 Å². The third-order valence-electron chi connectivity index (χ3n) is 3.76. The van der Waals surface area contributed by atoms with Gasteiger partial charge in [-0.2, -0.15) is 4.99 Å². The normalized spacial score (nSPS) is 27.4. The number of nitrogens with zero attached hydrogens (tertiary/aromatic N) is 2. The first-order chi connectivity index (χ1) is 10.8. The average molecular weight is 421 g/mol. The first-order valence-corrected chi connectivity index (χ1v) is 10.5. The van der Waals surface area contributed by atoms with E-state index in [0.717, 1.165) is 0 Å². The van der Waals surface area contributed by atoms with Gasteiger partial charge in [0.15, 0.2) is 15.0 Å². The van der Waals surface area contributed by atoms with Crippen molar-refractivity contribution in [2.24, 2.45) is 4.99 Å². The van der Waals surface area contributed by atoms with E-state index in [2.05, 4.69) is 20.9 Å². The summed E-state index contributed by atoms with van der Waals surface area (Å²) in [7, 11) is -3.16. The molecule has 2 saturated heterocycles. The van der Waals surface area contributed by atoms with Gasteiger partial charge in [0.1, 0.15) is 5.82 Å². The minimum absolute atomic E-state index is 0.0241. The molecule has 0 aromatic heterocycles. The number of benzene rings is 1. The molecule has 0 bridgehead atoms. The molecule has 9 heteroatoms. The molecule has 124 valence electrons. The van der Waals surface area contributed by atoms with Crippen LogP contribution in [-0.4, -0.2) is 42.3 Å². The molecule has 3 rings (SSSR count). The fourth-order valence-electron chi connectivity index (χ4n) is 2.71. The van der Waals surface area contributed by atoms with E-state index in [4.69, 9.17) is 0 Å². The molecule has 1 aromatic rings. The summed E-state index contributed by atoms with van der Waals surface area (Å²) in [6.07, 6.45) is 0.244. The highest BCUT2D eigenvalue weighted by Gasteiger charge is 2.49. The molecular formula is C14H14BrFN2O3S2. The number of hydrogen-bond acceptors (Lipinski definition) is 4. The Balaban J connectivity index is 2.06. The molecule has 2 atom stereocenters. The summed E-state index contributed by atoms with van der Waals surface area (Å²) >= 11 is 4.44. The lowest BCUT2D eigenvalue weighted by Crippen LogP contribution is -2.38. The Hall–Kier alpha value is -0.930. The number of carbonyl (C=O) groups excluding carboxylic acids is 1. The van der Waals surface area contributed by atoms with Crippen LogP contribution >= 0.6 is 27.7 Å². The molecule has 0 radical (unpaired) electrons. The molecule has 1 amide bonds. The predicted octanol–water partition coefficient (Wildman–Crippen LogP) is 2.60. The van der Waals surface area contributed by atoms with Crippen molar-refractivity contribution in [2.45, 2.75) is 24.6 Å². The standard InChI is InChI=1S/C14H14BrFN2O3S2/c1-2-13(19)17-14-18(10-4-3-8(15)5-9(10)16)11-6-23(20,21)7-12(11)22-14/h3-5,11-12H,2,6-7H2,1H3/t11-,12+/m0/s1. The van der Waals surface area contributed by atoms with Gasteiger partial charge in [0.2, 0.25) is 5.91 Å². The number of anilines is 1.